The van der Waals surface area contributed by atoms with Crippen LogP contribution in [-0.4, -0.2) is 29.6 Å². The quantitative estimate of drug-likeness (QED) is 0.683. The lowest BCUT2D eigenvalue weighted by molar-refractivity contribution is -0.130. The van der Waals surface area contributed by atoms with Gasteiger partial charge in [-0.1, -0.05) is 19.1 Å². The first-order chi connectivity index (χ1) is 9.08. The number of piperidine rings is 1. The number of hydrogen-bond donors (Lipinski definition) is 1. The number of carbonyl (C=O) groups is 1. The van der Waals surface area contributed by atoms with Crippen LogP contribution in [0.5, 0.6) is 0 Å². The molecule has 2 N–H and O–H groups in total. The predicted octanol–water partition coefficient (Wildman–Crippen LogP) is 2.93. The molecule has 104 valence electrons. The smallest absolute Gasteiger partial charge is 0.232 e. The lowest BCUT2D eigenvalue weighted by atomic mass is 10.0. The third-order valence-corrected chi connectivity index (χ3v) is 4.70. The van der Waals surface area contributed by atoms with Crippen molar-refractivity contribution in [2.45, 2.75) is 31.6 Å². The van der Waals surface area contributed by atoms with Crippen LogP contribution in [0, 0.1) is 12.8 Å². The fourth-order valence-electron chi connectivity index (χ4n) is 2.43. The standard InChI is InChI=1S/C15H22N2OS/c1-11-5-4-8-17(9-11)14(18)10-19-13-7-3-6-12(2)15(13)16/h3,6-7,11H,4-5,8-10,16H2,1-2H3. The van der Waals surface area contributed by atoms with Crippen molar-refractivity contribution in [2.75, 3.05) is 24.6 Å². The summed E-state index contributed by atoms with van der Waals surface area (Å²) in [6.07, 6.45) is 2.37. The maximum absolute atomic E-state index is 12.2. The lowest BCUT2D eigenvalue weighted by Crippen LogP contribution is -2.40. The first-order valence-corrected chi connectivity index (χ1v) is 7.82. The molecule has 1 aliphatic heterocycles. The first kappa shape index (κ1) is 14.3. The van der Waals surface area contributed by atoms with Crippen LogP contribution < -0.4 is 5.73 Å². The maximum Gasteiger partial charge on any atom is 0.232 e. The molecular weight excluding hydrogens is 256 g/mol. The van der Waals surface area contributed by atoms with Crippen molar-refractivity contribution in [3.63, 3.8) is 0 Å². The van der Waals surface area contributed by atoms with E-state index in [9.17, 15) is 4.79 Å². The van der Waals surface area contributed by atoms with E-state index in [0.29, 0.717) is 11.7 Å². The van der Waals surface area contributed by atoms with Crippen LogP contribution in [0.2, 0.25) is 0 Å². The summed E-state index contributed by atoms with van der Waals surface area (Å²) in [5.74, 6) is 1.35. The number of rotatable bonds is 3. The highest BCUT2D eigenvalue weighted by molar-refractivity contribution is 8.00. The summed E-state index contributed by atoms with van der Waals surface area (Å²) in [6.45, 7) is 6.02. The number of carbonyl (C=O) groups excluding carboxylic acids is 1. The van der Waals surface area contributed by atoms with E-state index in [0.717, 1.165) is 35.7 Å². The summed E-state index contributed by atoms with van der Waals surface area (Å²) in [6, 6.07) is 5.97. The van der Waals surface area contributed by atoms with Crippen molar-refractivity contribution >= 4 is 23.4 Å². The molecule has 19 heavy (non-hydrogen) atoms. The molecule has 1 heterocycles. The molecule has 1 amide bonds. The van der Waals surface area contributed by atoms with Crippen molar-refractivity contribution in [3.8, 4) is 0 Å². The van der Waals surface area contributed by atoms with Crippen LogP contribution >= 0.6 is 11.8 Å². The van der Waals surface area contributed by atoms with Crippen LogP contribution in [0.15, 0.2) is 23.1 Å². The molecule has 0 saturated carbocycles. The van der Waals surface area contributed by atoms with Crippen LogP contribution in [0.1, 0.15) is 25.3 Å². The van der Waals surface area contributed by atoms with Crippen molar-refractivity contribution < 1.29 is 4.79 Å². The predicted molar refractivity (Wildman–Crippen MR) is 81.3 cm³/mol. The molecule has 1 aliphatic rings. The van der Waals surface area contributed by atoms with E-state index >= 15 is 0 Å². The molecule has 0 radical (unpaired) electrons. The SMILES string of the molecule is Cc1cccc(SCC(=O)N2CCCC(C)C2)c1N. The summed E-state index contributed by atoms with van der Waals surface area (Å²) in [4.78, 5) is 15.2. The second-order valence-electron chi connectivity index (χ2n) is 5.36. The maximum atomic E-state index is 12.2. The average molecular weight is 278 g/mol. The fourth-order valence-corrected chi connectivity index (χ4v) is 3.38. The Labute approximate surface area is 119 Å². The van der Waals surface area contributed by atoms with Gasteiger partial charge in [0.2, 0.25) is 5.91 Å². The molecular formula is C15H22N2OS. The Balaban J connectivity index is 1.91. The molecule has 0 spiro atoms. The van der Waals surface area contributed by atoms with Gasteiger partial charge in [0.05, 0.1) is 5.75 Å². The number of nitrogens with zero attached hydrogens (tertiary/aromatic N) is 1. The molecule has 0 aromatic heterocycles. The normalized spacial score (nSPS) is 19.5. The third kappa shape index (κ3) is 3.66. The Morgan fingerprint density at radius 3 is 3.05 bits per heavy atom. The molecule has 0 aliphatic carbocycles. The Morgan fingerprint density at radius 2 is 2.32 bits per heavy atom. The zero-order valence-electron chi connectivity index (χ0n) is 11.7. The van der Waals surface area contributed by atoms with E-state index in [1.165, 1.54) is 6.42 Å². The Hall–Kier alpha value is -1.16. The van der Waals surface area contributed by atoms with Crippen molar-refractivity contribution in [1.29, 1.82) is 0 Å². The monoisotopic (exact) mass is 278 g/mol. The van der Waals surface area contributed by atoms with Crippen LogP contribution in [0.25, 0.3) is 0 Å². The Bertz CT molecular complexity index is 461. The number of likely N-dealkylation sites (tertiary alicyclic amines) is 1. The number of amides is 1. The van der Waals surface area contributed by atoms with E-state index < -0.39 is 0 Å². The largest absolute Gasteiger partial charge is 0.398 e. The number of anilines is 1. The Kier molecular flexibility index (Phi) is 4.75. The van der Waals surface area contributed by atoms with Crippen molar-refractivity contribution in [2.24, 2.45) is 5.92 Å². The molecule has 2 rings (SSSR count). The number of aryl methyl sites for hydroxylation is 1. The van der Waals surface area contributed by atoms with E-state index in [4.69, 9.17) is 5.73 Å². The van der Waals surface area contributed by atoms with Crippen LogP contribution in [-0.2, 0) is 4.79 Å². The van der Waals surface area contributed by atoms with Gasteiger partial charge in [-0.2, -0.15) is 0 Å². The third-order valence-electron chi connectivity index (χ3n) is 3.64. The first-order valence-electron chi connectivity index (χ1n) is 6.83. The topological polar surface area (TPSA) is 46.3 Å². The number of hydrogen-bond acceptors (Lipinski definition) is 3. The zero-order chi connectivity index (χ0) is 13.8. The minimum Gasteiger partial charge on any atom is -0.398 e. The molecule has 0 bridgehead atoms. The van der Waals surface area contributed by atoms with Gasteiger partial charge in [0.1, 0.15) is 0 Å². The number of nitrogens with two attached hydrogens (primary N) is 1. The van der Waals surface area contributed by atoms with Gasteiger partial charge in [0.25, 0.3) is 0 Å². The van der Waals surface area contributed by atoms with Crippen molar-refractivity contribution in [1.82, 2.24) is 4.90 Å². The number of para-hydroxylation sites is 1. The van der Waals surface area contributed by atoms with Gasteiger partial charge >= 0.3 is 0 Å². The highest BCUT2D eigenvalue weighted by atomic mass is 32.2. The van der Waals surface area contributed by atoms with Gasteiger partial charge < -0.3 is 10.6 Å². The van der Waals surface area contributed by atoms with E-state index in [1.54, 1.807) is 11.8 Å². The fraction of sp³-hybridized carbons (Fsp3) is 0.533. The van der Waals surface area contributed by atoms with Gasteiger partial charge in [0.15, 0.2) is 0 Å². The number of benzene rings is 1. The number of thioether (sulfide) groups is 1. The van der Waals surface area contributed by atoms with Gasteiger partial charge in [0, 0.05) is 23.7 Å². The molecule has 3 nitrogen and oxygen atoms in total. The molecule has 1 unspecified atom stereocenters. The minimum atomic E-state index is 0.234. The highest BCUT2D eigenvalue weighted by Crippen LogP contribution is 2.28. The lowest BCUT2D eigenvalue weighted by Gasteiger charge is -2.30. The molecule has 1 fully saturated rings. The molecule has 1 aromatic carbocycles. The van der Waals surface area contributed by atoms with Gasteiger partial charge in [-0.3, -0.25) is 4.79 Å². The summed E-state index contributed by atoms with van der Waals surface area (Å²) in [7, 11) is 0. The Morgan fingerprint density at radius 1 is 1.53 bits per heavy atom. The summed E-state index contributed by atoms with van der Waals surface area (Å²) >= 11 is 1.55. The second kappa shape index (κ2) is 6.33. The average Bonchev–Trinajstić information content (AvgIpc) is 2.40. The van der Waals surface area contributed by atoms with Crippen molar-refractivity contribution in [3.05, 3.63) is 23.8 Å². The van der Waals surface area contributed by atoms with E-state index in [-0.39, 0.29) is 5.91 Å². The molecule has 1 atom stereocenters. The zero-order valence-corrected chi connectivity index (χ0v) is 12.5. The number of nitrogen functional groups attached to an aromatic ring is 1. The molecule has 1 aromatic rings. The summed E-state index contributed by atoms with van der Waals surface area (Å²) < 4.78 is 0. The minimum absolute atomic E-state index is 0.234. The summed E-state index contributed by atoms with van der Waals surface area (Å²) in [5.41, 5.74) is 7.90. The van der Waals surface area contributed by atoms with Gasteiger partial charge in [-0.25, -0.2) is 0 Å². The van der Waals surface area contributed by atoms with Gasteiger partial charge in [-0.15, -0.1) is 11.8 Å². The molecule has 4 heteroatoms. The molecule has 1 saturated heterocycles. The van der Waals surface area contributed by atoms with E-state index in [1.807, 2.05) is 30.0 Å². The highest BCUT2D eigenvalue weighted by Gasteiger charge is 2.20. The van der Waals surface area contributed by atoms with Crippen LogP contribution in [0.4, 0.5) is 5.69 Å². The summed E-state index contributed by atoms with van der Waals surface area (Å²) in [5, 5.41) is 0. The van der Waals surface area contributed by atoms with Crippen LogP contribution in [0.3, 0.4) is 0 Å². The second-order valence-corrected chi connectivity index (χ2v) is 6.38. The van der Waals surface area contributed by atoms with Gasteiger partial charge in [-0.05, 0) is 37.3 Å². The van der Waals surface area contributed by atoms with E-state index in [2.05, 4.69) is 6.92 Å².